The van der Waals surface area contributed by atoms with Crippen LogP contribution in [0.4, 0.5) is 18.9 Å². The molecule has 0 saturated carbocycles. The number of fused-ring (bicyclic) bond motifs is 1. The van der Waals surface area contributed by atoms with Crippen LogP contribution in [-0.4, -0.2) is 11.1 Å². The molecular weight excluding hydrogens is 309 g/mol. The van der Waals surface area contributed by atoms with Crippen LogP contribution < -0.4 is 5.32 Å². The molecule has 0 atom stereocenters. The van der Waals surface area contributed by atoms with E-state index in [-0.39, 0.29) is 11.4 Å². The molecule has 2 aromatic rings. The van der Waals surface area contributed by atoms with Crippen molar-refractivity contribution in [3.63, 3.8) is 0 Å². The number of hydrogen-bond donors (Lipinski definition) is 1. The largest absolute Gasteiger partial charge is 0.416 e. The number of anilines is 1. The Kier molecular flexibility index (Phi) is 4.11. The molecule has 1 aliphatic rings. The topological polar surface area (TPSA) is 55.1 Å². The molecule has 4 nitrogen and oxygen atoms in total. The molecule has 1 aliphatic carbocycles. The minimum Gasteiger partial charge on any atom is -0.360 e. The summed E-state index contributed by atoms with van der Waals surface area (Å²) in [6, 6.07) is 4.30. The van der Waals surface area contributed by atoms with Crippen molar-refractivity contribution in [2.24, 2.45) is 0 Å². The second-order valence-electron chi connectivity index (χ2n) is 5.52. The SMILES string of the molecule is O=C(Nc1ccc(C(F)(F)F)cc1)c1noc2c1CCCCC2. The fraction of sp³-hybridized carbons (Fsp3) is 0.375. The zero-order chi connectivity index (χ0) is 16.4. The number of carbonyl (C=O) groups excluding carboxylic acids is 1. The van der Waals surface area contributed by atoms with Crippen molar-refractivity contribution >= 4 is 11.6 Å². The lowest BCUT2D eigenvalue weighted by molar-refractivity contribution is -0.137. The van der Waals surface area contributed by atoms with Crippen LogP contribution in [0, 0.1) is 0 Å². The maximum absolute atomic E-state index is 12.5. The first-order chi connectivity index (χ1) is 10.9. The minimum atomic E-state index is -4.40. The van der Waals surface area contributed by atoms with E-state index < -0.39 is 17.6 Å². The van der Waals surface area contributed by atoms with Gasteiger partial charge in [0.15, 0.2) is 5.69 Å². The summed E-state index contributed by atoms with van der Waals surface area (Å²) in [6.07, 6.45) is 0.136. The number of alkyl halides is 3. The van der Waals surface area contributed by atoms with Crippen molar-refractivity contribution in [2.75, 3.05) is 5.32 Å². The summed E-state index contributed by atoms with van der Waals surface area (Å²) in [4.78, 5) is 12.3. The summed E-state index contributed by atoms with van der Waals surface area (Å²) >= 11 is 0. The molecule has 1 aromatic heterocycles. The number of amides is 1. The van der Waals surface area contributed by atoms with Crippen molar-refractivity contribution in [1.29, 1.82) is 0 Å². The number of halogens is 3. The van der Waals surface area contributed by atoms with Gasteiger partial charge in [0, 0.05) is 17.7 Å². The third-order valence-electron chi connectivity index (χ3n) is 3.89. The fourth-order valence-corrected chi connectivity index (χ4v) is 2.67. The summed E-state index contributed by atoms with van der Waals surface area (Å²) in [5.74, 6) is 0.275. The third kappa shape index (κ3) is 3.38. The van der Waals surface area contributed by atoms with Gasteiger partial charge in [0.2, 0.25) is 0 Å². The van der Waals surface area contributed by atoms with E-state index in [9.17, 15) is 18.0 Å². The Labute approximate surface area is 130 Å². The van der Waals surface area contributed by atoms with E-state index in [2.05, 4.69) is 10.5 Å². The Bertz CT molecular complexity index is 705. The number of rotatable bonds is 2. The number of benzene rings is 1. The molecule has 1 amide bonds. The van der Waals surface area contributed by atoms with E-state index in [4.69, 9.17) is 4.52 Å². The first-order valence-corrected chi connectivity index (χ1v) is 7.41. The predicted molar refractivity (Wildman–Crippen MR) is 77.2 cm³/mol. The zero-order valence-corrected chi connectivity index (χ0v) is 12.2. The monoisotopic (exact) mass is 324 g/mol. The van der Waals surface area contributed by atoms with Crippen molar-refractivity contribution in [1.82, 2.24) is 5.16 Å². The van der Waals surface area contributed by atoms with Gasteiger partial charge >= 0.3 is 6.18 Å². The molecule has 7 heteroatoms. The van der Waals surface area contributed by atoms with E-state index in [0.29, 0.717) is 0 Å². The fourth-order valence-electron chi connectivity index (χ4n) is 2.67. The maximum Gasteiger partial charge on any atom is 0.416 e. The average molecular weight is 324 g/mol. The molecule has 1 heterocycles. The number of carbonyl (C=O) groups is 1. The molecule has 0 aliphatic heterocycles. The summed E-state index contributed by atoms with van der Waals surface area (Å²) < 4.78 is 42.8. The first-order valence-electron chi connectivity index (χ1n) is 7.41. The van der Waals surface area contributed by atoms with Gasteiger partial charge in [0.05, 0.1) is 5.56 Å². The molecule has 23 heavy (non-hydrogen) atoms. The van der Waals surface area contributed by atoms with Crippen LogP contribution in [0.25, 0.3) is 0 Å². The molecule has 0 saturated heterocycles. The molecule has 0 spiro atoms. The van der Waals surface area contributed by atoms with Gasteiger partial charge in [0.1, 0.15) is 5.76 Å². The quantitative estimate of drug-likeness (QED) is 0.842. The lowest BCUT2D eigenvalue weighted by Gasteiger charge is -2.08. The van der Waals surface area contributed by atoms with Crippen LogP contribution in [0.1, 0.15) is 46.6 Å². The number of nitrogens with zero attached hydrogens (tertiary/aromatic N) is 1. The molecule has 122 valence electrons. The van der Waals surface area contributed by atoms with E-state index in [0.717, 1.165) is 55.6 Å². The van der Waals surface area contributed by atoms with Crippen molar-refractivity contribution < 1.29 is 22.5 Å². The summed E-state index contributed by atoms with van der Waals surface area (Å²) in [7, 11) is 0. The lowest BCUT2D eigenvalue weighted by atomic mass is 10.1. The molecule has 1 N–H and O–H groups in total. The Hall–Kier alpha value is -2.31. The van der Waals surface area contributed by atoms with Crippen molar-refractivity contribution in [2.45, 2.75) is 38.3 Å². The third-order valence-corrected chi connectivity index (χ3v) is 3.89. The van der Waals surface area contributed by atoms with Gasteiger partial charge in [-0.3, -0.25) is 4.79 Å². The smallest absolute Gasteiger partial charge is 0.360 e. The molecule has 3 rings (SSSR count). The summed E-state index contributed by atoms with van der Waals surface area (Å²) in [5.41, 5.74) is 0.563. The van der Waals surface area contributed by atoms with Gasteiger partial charge in [-0.1, -0.05) is 11.6 Å². The van der Waals surface area contributed by atoms with Gasteiger partial charge in [-0.2, -0.15) is 13.2 Å². The van der Waals surface area contributed by atoms with Crippen LogP contribution in [0.5, 0.6) is 0 Å². The highest BCUT2D eigenvalue weighted by atomic mass is 19.4. The summed E-state index contributed by atoms with van der Waals surface area (Å²) in [5, 5.41) is 6.39. The van der Waals surface area contributed by atoms with Crippen LogP contribution in [0.2, 0.25) is 0 Å². The Morgan fingerprint density at radius 1 is 1.09 bits per heavy atom. The second kappa shape index (κ2) is 6.06. The van der Waals surface area contributed by atoms with Crippen molar-refractivity contribution in [3.05, 3.63) is 46.8 Å². The average Bonchev–Trinajstić information content (AvgIpc) is 2.76. The Morgan fingerprint density at radius 2 is 1.78 bits per heavy atom. The van der Waals surface area contributed by atoms with Crippen molar-refractivity contribution in [3.8, 4) is 0 Å². The molecule has 1 aromatic carbocycles. The second-order valence-corrected chi connectivity index (χ2v) is 5.52. The van der Waals surface area contributed by atoms with Crippen LogP contribution >= 0.6 is 0 Å². The standard InChI is InChI=1S/C16H15F3N2O2/c17-16(18,19)10-6-8-11(9-7-10)20-15(22)14-12-4-2-1-3-5-13(12)23-21-14/h6-9H,1-5H2,(H,20,22). The highest BCUT2D eigenvalue weighted by molar-refractivity contribution is 6.03. The predicted octanol–water partition coefficient (Wildman–Crippen LogP) is 4.21. The number of aryl methyl sites for hydroxylation is 1. The Balaban J connectivity index is 1.76. The summed E-state index contributed by atoms with van der Waals surface area (Å²) in [6.45, 7) is 0. The molecule has 0 unspecified atom stereocenters. The van der Waals surface area contributed by atoms with Crippen LogP contribution in [0.3, 0.4) is 0 Å². The Morgan fingerprint density at radius 3 is 2.48 bits per heavy atom. The van der Waals surface area contributed by atoms with E-state index in [1.54, 1.807) is 0 Å². The highest BCUT2D eigenvalue weighted by Gasteiger charge is 2.30. The molecular formula is C16H15F3N2O2. The first kappa shape index (κ1) is 15.6. The van der Waals surface area contributed by atoms with Crippen LogP contribution in [0.15, 0.2) is 28.8 Å². The number of hydrogen-bond acceptors (Lipinski definition) is 3. The number of nitrogens with one attached hydrogen (secondary N) is 1. The minimum absolute atomic E-state index is 0.224. The number of aromatic nitrogens is 1. The highest BCUT2D eigenvalue weighted by Crippen LogP contribution is 2.30. The normalized spacial score (nSPS) is 14.9. The van der Waals surface area contributed by atoms with Gasteiger partial charge in [-0.25, -0.2) is 0 Å². The van der Waals surface area contributed by atoms with Gasteiger partial charge in [-0.15, -0.1) is 0 Å². The molecule has 0 bridgehead atoms. The van der Waals surface area contributed by atoms with E-state index in [1.807, 2.05) is 0 Å². The molecule has 0 fully saturated rings. The van der Waals surface area contributed by atoms with E-state index >= 15 is 0 Å². The lowest BCUT2D eigenvalue weighted by Crippen LogP contribution is -2.15. The van der Waals surface area contributed by atoms with Gasteiger partial charge in [-0.05, 0) is 43.5 Å². The van der Waals surface area contributed by atoms with Gasteiger partial charge in [0.25, 0.3) is 5.91 Å². The zero-order valence-electron chi connectivity index (χ0n) is 12.2. The maximum atomic E-state index is 12.5. The van der Waals surface area contributed by atoms with E-state index in [1.165, 1.54) is 12.1 Å². The van der Waals surface area contributed by atoms with Crippen LogP contribution in [-0.2, 0) is 19.0 Å². The van der Waals surface area contributed by atoms with Gasteiger partial charge < -0.3 is 9.84 Å². The molecule has 0 radical (unpaired) electrons.